The van der Waals surface area contributed by atoms with Crippen molar-refractivity contribution in [3.8, 4) is 11.1 Å². The van der Waals surface area contributed by atoms with E-state index in [1.807, 2.05) is 6.07 Å². The molecule has 9 heteroatoms. The Morgan fingerprint density at radius 2 is 1.76 bits per heavy atom. The zero-order valence-electron chi connectivity index (χ0n) is 21.4. The molecule has 2 aromatic carbocycles. The molecule has 1 amide bonds. The third kappa shape index (κ3) is 6.65. The number of aromatic carboxylic acids is 1. The normalized spacial score (nSPS) is 15.9. The third-order valence-corrected chi connectivity index (χ3v) is 7.20. The number of carbonyl (C=O) groups is 2. The van der Waals surface area contributed by atoms with E-state index in [1.54, 1.807) is 56.0 Å². The molecule has 0 saturated heterocycles. The largest absolute Gasteiger partial charge is 0.478 e. The topological polar surface area (TPSA) is 100.0 Å². The summed E-state index contributed by atoms with van der Waals surface area (Å²) in [6, 6.07) is 14.3. The molecular formula is C29H30Cl2N2O5. The van der Waals surface area contributed by atoms with Gasteiger partial charge in [-0.3, -0.25) is 0 Å². The molecule has 1 heterocycles. The van der Waals surface area contributed by atoms with Crippen molar-refractivity contribution < 1.29 is 24.5 Å². The Balaban J connectivity index is 1.59. The predicted octanol–water partition coefficient (Wildman–Crippen LogP) is 6.58. The maximum Gasteiger partial charge on any atom is 0.410 e. The van der Waals surface area contributed by atoms with Gasteiger partial charge in [0, 0.05) is 17.8 Å². The predicted molar refractivity (Wildman–Crippen MR) is 147 cm³/mol. The number of amides is 1. The van der Waals surface area contributed by atoms with Gasteiger partial charge in [-0.25, -0.2) is 14.6 Å². The lowest BCUT2D eigenvalue weighted by Gasteiger charge is -2.37. The maximum absolute atomic E-state index is 13.3. The molecule has 0 aliphatic heterocycles. The van der Waals surface area contributed by atoms with Crippen molar-refractivity contribution in [2.24, 2.45) is 0 Å². The van der Waals surface area contributed by atoms with E-state index in [0.717, 1.165) is 23.1 Å². The Bertz CT molecular complexity index is 1340. The van der Waals surface area contributed by atoms with Crippen LogP contribution in [0.25, 0.3) is 11.1 Å². The molecule has 7 nitrogen and oxygen atoms in total. The van der Waals surface area contributed by atoms with Gasteiger partial charge < -0.3 is 19.8 Å². The van der Waals surface area contributed by atoms with Crippen LogP contribution in [0.15, 0.2) is 54.7 Å². The van der Waals surface area contributed by atoms with Crippen LogP contribution >= 0.6 is 23.2 Å². The second-order valence-electron chi connectivity index (χ2n) is 10.5. The number of rotatable bonds is 6. The van der Waals surface area contributed by atoms with Gasteiger partial charge in [-0.15, -0.1) is 0 Å². The van der Waals surface area contributed by atoms with Crippen molar-refractivity contribution in [1.82, 2.24) is 9.88 Å². The van der Waals surface area contributed by atoms with Gasteiger partial charge in [-0.05, 0) is 80.5 Å². The molecule has 0 bridgehead atoms. The summed E-state index contributed by atoms with van der Waals surface area (Å²) < 4.78 is 5.71. The number of halogens is 2. The second-order valence-corrected chi connectivity index (χ2v) is 11.2. The molecule has 38 heavy (non-hydrogen) atoms. The van der Waals surface area contributed by atoms with Crippen molar-refractivity contribution in [2.75, 3.05) is 6.54 Å². The molecule has 1 aliphatic carbocycles. The fourth-order valence-electron chi connectivity index (χ4n) is 4.59. The number of nitrogens with zero attached hydrogens (tertiary/aromatic N) is 2. The molecule has 4 rings (SSSR count). The number of hydrogen-bond acceptors (Lipinski definition) is 5. The van der Waals surface area contributed by atoms with Crippen LogP contribution in [0.5, 0.6) is 0 Å². The molecule has 0 fully saturated rings. The molecule has 3 aromatic rings. The third-order valence-electron chi connectivity index (χ3n) is 6.51. The first kappa shape index (κ1) is 27.9. The average molecular weight is 557 g/mol. The Morgan fingerprint density at radius 1 is 1.08 bits per heavy atom. The Hall–Kier alpha value is -3.13. The van der Waals surface area contributed by atoms with Crippen LogP contribution in [0.2, 0.25) is 10.2 Å². The number of carboxylic acid groups (broad SMARTS) is 1. The Morgan fingerprint density at radius 3 is 2.39 bits per heavy atom. The molecule has 0 spiro atoms. The van der Waals surface area contributed by atoms with Gasteiger partial charge in [-0.2, -0.15) is 0 Å². The fourth-order valence-corrected chi connectivity index (χ4v) is 4.87. The summed E-state index contributed by atoms with van der Waals surface area (Å²) in [5.41, 5.74) is 4.16. The smallest absolute Gasteiger partial charge is 0.410 e. The van der Waals surface area contributed by atoms with Crippen LogP contribution in [0, 0.1) is 0 Å². The van der Waals surface area contributed by atoms with Gasteiger partial charge in [0.1, 0.15) is 10.8 Å². The van der Waals surface area contributed by atoms with Gasteiger partial charge in [0.25, 0.3) is 0 Å². The van der Waals surface area contributed by atoms with Crippen LogP contribution in [0.3, 0.4) is 0 Å². The minimum atomic E-state index is -1.04. The van der Waals surface area contributed by atoms with E-state index in [1.165, 1.54) is 11.8 Å². The summed E-state index contributed by atoms with van der Waals surface area (Å²) in [6.07, 6.45) is 1.98. The van der Waals surface area contributed by atoms with Crippen LogP contribution in [0.4, 0.5) is 4.79 Å². The Kier molecular flexibility index (Phi) is 8.31. The number of carbonyl (C=O) groups excluding carboxylic acids is 1. The van der Waals surface area contributed by atoms with Crippen LogP contribution < -0.4 is 0 Å². The molecule has 2 N–H and O–H groups in total. The molecule has 0 unspecified atom stereocenters. The van der Waals surface area contributed by atoms with Gasteiger partial charge in [0.2, 0.25) is 0 Å². The maximum atomic E-state index is 13.3. The monoisotopic (exact) mass is 556 g/mol. The van der Waals surface area contributed by atoms with Crippen molar-refractivity contribution in [2.45, 2.75) is 57.8 Å². The zero-order valence-corrected chi connectivity index (χ0v) is 23.0. The minimum absolute atomic E-state index is 0.00486. The van der Waals surface area contributed by atoms with E-state index in [9.17, 15) is 19.8 Å². The van der Waals surface area contributed by atoms with E-state index in [4.69, 9.17) is 27.9 Å². The summed E-state index contributed by atoms with van der Waals surface area (Å²) in [5.74, 6) is -0.967. The van der Waals surface area contributed by atoms with Gasteiger partial charge in [0.05, 0.1) is 23.2 Å². The zero-order chi connectivity index (χ0) is 27.6. The number of aliphatic hydroxyl groups is 1. The number of fused-ring (bicyclic) bond motifs is 1. The highest BCUT2D eigenvalue weighted by molar-refractivity contribution is 6.41. The Labute approximate surface area is 232 Å². The van der Waals surface area contributed by atoms with E-state index >= 15 is 0 Å². The summed E-state index contributed by atoms with van der Waals surface area (Å²) in [6.45, 7) is 5.42. The SMILES string of the molecule is CC(C)(C)OC(=O)N(C[C@H](O)c1cnc(Cl)c(Cl)c1)[C@H]1CCc2ccc(-c3ccc(C(=O)O)cc3)cc2C1. The number of pyridine rings is 1. The highest BCUT2D eigenvalue weighted by Crippen LogP contribution is 2.32. The van der Waals surface area contributed by atoms with E-state index in [2.05, 4.69) is 17.1 Å². The lowest BCUT2D eigenvalue weighted by molar-refractivity contribution is 0.00191. The number of hydrogen-bond donors (Lipinski definition) is 2. The van der Waals surface area contributed by atoms with Gasteiger partial charge in [0.15, 0.2) is 0 Å². The quantitative estimate of drug-likeness (QED) is 0.332. The van der Waals surface area contributed by atoms with Crippen molar-refractivity contribution in [1.29, 1.82) is 0 Å². The second kappa shape index (κ2) is 11.3. The van der Waals surface area contributed by atoms with Crippen LogP contribution in [0.1, 0.15) is 60.3 Å². The van der Waals surface area contributed by atoms with Crippen molar-refractivity contribution in [3.63, 3.8) is 0 Å². The molecule has 1 aliphatic rings. The average Bonchev–Trinajstić information content (AvgIpc) is 2.87. The van der Waals surface area contributed by atoms with Crippen LogP contribution in [-0.4, -0.2) is 50.3 Å². The number of ether oxygens (including phenoxy) is 1. The van der Waals surface area contributed by atoms with E-state index in [-0.39, 0.29) is 28.3 Å². The first-order valence-corrected chi connectivity index (χ1v) is 13.1. The first-order valence-electron chi connectivity index (χ1n) is 12.4. The van der Waals surface area contributed by atoms with E-state index < -0.39 is 23.8 Å². The van der Waals surface area contributed by atoms with E-state index in [0.29, 0.717) is 18.4 Å². The fraction of sp³-hybridized carbons (Fsp3) is 0.345. The first-order chi connectivity index (χ1) is 17.9. The van der Waals surface area contributed by atoms with Crippen LogP contribution in [-0.2, 0) is 17.6 Å². The molecule has 2 atom stereocenters. The van der Waals surface area contributed by atoms with Gasteiger partial charge in [-0.1, -0.05) is 53.5 Å². The number of benzene rings is 2. The number of aryl methyl sites for hydroxylation is 1. The lowest BCUT2D eigenvalue weighted by atomic mass is 9.85. The molecule has 0 saturated carbocycles. The summed E-state index contributed by atoms with van der Waals surface area (Å²) in [4.78, 5) is 30.1. The molecule has 200 valence electrons. The van der Waals surface area contributed by atoms with Crippen molar-refractivity contribution >= 4 is 35.3 Å². The number of carboxylic acids is 1. The summed E-state index contributed by atoms with van der Waals surface area (Å²) >= 11 is 12.0. The molecule has 0 radical (unpaired) electrons. The highest BCUT2D eigenvalue weighted by Gasteiger charge is 2.33. The molecular weight excluding hydrogens is 527 g/mol. The standard InChI is InChI=1S/C29H30Cl2N2O5/c1-29(2,3)38-28(37)33(16-25(34)22-14-24(30)26(31)32-15-22)23-11-10-18-6-9-20(12-21(18)13-23)17-4-7-19(8-5-17)27(35)36/h4-9,12,14-15,23,25,34H,10-11,13,16H2,1-3H3,(H,35,36)/t23-,25-/m0/s1. The highest BCUT2D eigenvalue weighted by atomic mass is 35.5. The molecule has 1 aromatic heterocycles. The number of aliphatic hydroxyl groups excluding tert-OH is 1. The summed E-state index contributed by atoms with van der Waals surface area (Å²) in [5, 5.41) is 20.6. The lowest BCUT2D eigenvalue weighted by Crippen LogP contribution is -2.47. The number of aromatic nitrogens is 1. The van der Waals surface area contributed by atoms with Gasteiger partial charge >= 0.3 is 12.1 Å². The van der Waals surface area contributed by atoms with Crippen molar-refractivity contribution in [3.05, 3.63) is 87.2 Å². The summed E-state index contributed by atoms with van der Waals surface area (Å²) in [7, 11) is 0. The minimum Gasteiger partial charge on any atom is -0.478 e.